The van der Waals surface area contributed by atoms with Crippen molar-refractivity contribution in [3.63, 3.8) is 0 Å². The van der Waals surface area contributed by atoms with Gasteiger partial charge in [-0.3, -0.25) is 14.9 Å². The number of piperidine rings is 1. The van der Waals surface area contributed by atoms with E-state index in [0.717, 1.165) is 18.7 Å². The summed E-state index contributed by atoms with van der Waals surface area (Å²) in [5, 5.41) is 16.0. The summed E-state index contributed by atoms with van der Waals surface area (Å²) >= 11 is 0. The Morgan fingerprint density at radius 2 is 2.27 bits per heavy atom. The number of hydrogen-bond acceptors (Lipinski definition) is 5. The van der Waals surface area contributed by atoms with Gasteiger partial charge in [-0.05, 0) is 25.0 Å². The summed E-state index contributed by atoms with van der Waals surface area (Å²) in [6, 6.07) is 3.73. The number of amides is 1. The van der Waals surface area contributed by atoms with Crippen molar-refractivity contribution in [1.82, 2.24) is 14.6 Å². The predicted octanol–water partition coefficient (Wildman–Crippen LogP) is 0.989. The highest BCUT2D eigenvalue weighted by Crippen LogP contribution is 2.26. The molecule has 1 amide bonds. The Morgan fingerprint density at radius 1 is 1.45 bits per heavy atom. The lowest BCUT2D eigenvalue weighted by molar-refractivity contribution is -0.142. The molecule has 3 rings (SSSR count). The monoisotopic (exact) mass is 303 g/mol. The second kappa shape index (κ2) is 5.63. The second-order valence-electron chi connectivity index (χ2n) is 5.40. The maximum atomic E-state index is 11.2. The van der Waals surface area contributed by atoms with Crippen LogP contribution in [0.25, 0.3) is 5.65 Å². The number of aromatic nitrogens is 3. The third kappa shape index (κ3) is 2.72. The van der Waals surface area contributed by atoms with Crippen molar-refractivity contribution in [2.24, 2.45) is 5.92 Å². The normalized spacial score (nSPS) is 18.4. The van der Waals surface area contributed by atoms with Crippen LogP contribution in [0.2, 0.25) is 0 Å². The Hall–Kier alpha value is -2.64. The van der Waals surface area contributed by atoms with E-state index < -0.39 is 5.97 Å². The van der Waals surface area contributed by atoms with E-state index in [9.17, 15) is 14.7 Å². The van der Waals surface area contributed by atoms with Gasteiger partial charge in [-0.2, -0.15) is 4.98 Å². The van der Waals surface area contributed by atoms with Crippen molar-refractivity contribution in [1.29, 1.82) is 0 Å². The number of aliphatic carboxylic acids is 1. The number of fused-ring (bicyclic) bond motifs is 1. The molecule has 116 valence electrons. The van der Waals surface area contributed by atoms with Crippen LogP contribution in [0, 0.1) is 5.92 Å². The lowest BCUT2D eigenvalue weighted by Gasteiger charge is -2.32. The van der Waals surface area contributed by atoms with Gasteiger partial charge < -0.3 is 10.0 Å². The minimum absolute atomic E-state index is 0.235. The van der Waals surface area contributed by atoms with Crippen LogP contribution >= 0.6 is 0 Å². The average molecular weight is 303 g/mol. The topological polar surface area (TPSA) is 99.8 Å². The molecule has 3 heterocycles. The molecule has 1 fully saturated rings. The first kappa shape index (κ1) is 14.3. The zero-order valence-corrected chi connectivity index (χ0v) is 12.2. The number of anilines is 2. The fourth-order valence-electron chi connectivity index (χ4n) is 2.75. The third-order valence-corrected chi connectivity index (χ3v) is 3.74. The van der Waals surface area contributed by atoms with Gasteiger partial charge in [-0.15, -0.1) is 5.10 Å². The summed E-state index contributed by atoms with van der Waals surface area (Å²) in [6.07, 6.45) is 3.26. The van der Waals surface area contributed by atoms with Crippen LogP contribution in [0.3, 0.4) is 0 Å². The van der Waals surface area contributed by atoms with E-state index in [-0.39, 0.29) is 17.8 Å². The van der Waals surface area contributed by atoms with Crippen molar-refractivity contribution in [2.75, 3.05) is 23.3 Å². The molecule has 1 saturated heterocycles. The summed E-state index contributed by atoms with van der Waals surface area (Å²) in [5.74, 6) is -1.13. The number of nitrogens with one attached hydrogen (secondary N) is 1. The average Bonchev–Trinajstić information content (AvgIpc) is 2.88. The standard InChI is InChI=1S/C14H17N5O3/c1-9(20)15-14-16-12-11(5-3-7-19(12)17-14)18-6-2-4-10(8-18)13(21)22/h3,5,7,10H,2,4,6,8H2,1H3,(H,21,22)(H,15,17,20). The van der Waals surface area contributed by atoms with Crippen LogP contribution in [-0.4, -0.2) is 44.7 Å². The summed E-state index contributed by atoms with van der Waals surface area (Å²) in [5.41, 5.74) is 1.44. The molecule has 0 bridgehead atoms. The van der Waals surface area contributed by atoms with Crippen LogP contribution in [0.4, 0.5) is 11.6 Å². The van der Waals surface area contributed by atoms with Gasteiger partial charge in [0.25, 0.3) is 0 Å². The number of carboxylic acids is 1. The summed E-state index contributed by atoms with van der Waals surface area (Å²) in [6.45, 7) is 2.64. The minimum Gasteiger partial charge on any atom is -0.481 e. The molecule has 0 spiro atoms. The maximum Gasteiger partial charge on any atom is 0.308 e. The largest absolute Gasteiger partial charge is 0.481 e. The van der Waals surface area contributed by atoms with E-state index in [1.807, 2.05) is 17.0 Å². The van der Waals surface area contributed by atoms with Crippen molar-refractivity contribution < 1.29 is 14.7 Å². The highest BCUT2D eigenvalue weighted by molar-refractivity contribution is 5.87. The van der Waals surface area contributed by atoms with Gasteiger partial charge in [-0.1, -0.05) is 0 Å². The molecular weight excluding hydrogens is 286 g/mol. The van der Waals surface area contributed by atoms with Gasteiger partial charge in [0, 0.05) is 26.2 Å². The van der Waals surface area contributed by atoms with Gasteiger partial charge in [0.1, 0.15) is 0 Å². The molecule has 2 aromatic rings. The molecule has 1 atom stereocenters. The number of hydrogen-bond donors (Lipinski definition) is 2. The Morgan fingerprint density at radius 3 is 3.00 bits per heavy atom. The summed E-state index contributed by atoms with van der Waals surface area (Å²) in [7, 11) is 0. The van der Waals surface area contributed by atoms with E-state index in [2.05, 4.69) is 15.4 Å². The van der Waals surface area contributed by atoms with Gasteiger partial charge >= 0.3 is 5.97 Å². The number of carboxylic acid groups (broad SMARTS) is 1. The van der Waals surface area contributed by atoms with Crippen LogP contribution in [-0.2, 0) is 9.59 Å². The molecule has 1 aliphatic heterocycles. The first-order valence-corrected chi connectivity index (χ1v) is 7.15. The molecule has 2 aromatic heterocycles. The molecular formula is C14H17N5O3. The minimum atomic E-state index is -0.767. The predicted molar refractivity (Wildman–Crippen MR) is 79.9 cm³/mol. The molecule has 2 N–H and O–H groups in total. The first-order chi connectivity index (χ1) is 10.5. The van der Waals surface area contributed by atoms with Gasteiger partial charge in [0.15, 0.2) is 5.65 Å². The van der Waals surface area contributed by atoms with E-state index >= 15 is 0 Å². The molecule has 0 saturated carbocycles. The molecule has 8 nitrogen and oxygen atoms in total. The zero-order chi connectivity index (χ0) is 15.7. The van der Waals surface area contributed by atoms with Crippen LogP contribution < -0.4 is 10.2 Å². The zero-order valence-electron chi connectivity index (χ0n) is 12.2. The van der Waals surface area contributed by atoms with Crippen LogP contribution in [0.15, 0.2) is 18.3 Å². The van der Waals surface area contributed by atoms with E-state index in [4.69, 9.17) is 0 Å². The lowest BCUT2D eigenvalue weighted by Crippen LogP contribution is -2.38. The fourth-order valence-corrected chi connectivity index (χ4v) is 2.75. The molecule has 22 heavy (non-hydrogen) atoms. The Balaban J connectivity index is 1.94. The van der Waals surface area contributed by atoms with Crippen molar-refractivity contribution in [3.8, 4) is 0 Å². The smallest absolute Gasteiger partial charge is 0.308 e. The van der Waals surface area contributed by atoms with Gasteiger partial charge in [0.2, 0.25) is 11.9 Å². The molecule has 0 radical (unpaired) electrons. The first-order valence-electron chi connectivity index (χ1n) is 7.15. The van der Waals surface area contributed by atoms with Crippen molar-refractivity contribution in [3.05, 3.63) is 18.3 Å². The lowest BCUT2D eigenvalue weighted by atomic mass is 9.98. The third-order valence-electron chi connectivity index (χ3n) is 3.74. The highest BCUT2D eigenvalue weighted by Gasteiger charge is 2.27. The van der Waals surface area contributed by atoms with Crippen LogP contribution in [0.1, 0.15) is 19.8 Å². The molecule has 8 heteroatoms. The molecule has 0 aliphatic carbocycles. The highest BCUT2D eigenvalue weighted by atomic mass is 16.4. The van der Waals surface area contributed by atoms with E-state index in [1.165, 1.54) is 6.92 Å². The van der Waals surface area contributed by atoms with Crippen molar-refractivity contribution >= 4 is 29.2 Å². The summed E-state index contributed by atoms with van der Waals surface area (Å²) < 4.78 is 1.59. The number of pyridine rings is 1. The quantitative estimate of drug-likeness (QED) is 0.877. The van der Waals surface area contributed by atoms with E-state index in [1.54, 1.807) is 10.7 Å². The Labute approximate surface area is 126 Å². The SMILES string of the molecule is CC(=O)Nc1nc2c(N3CCCC(C(=O)O)C3)cccn2n1. The fraction of sp³-hybridized carbons (Fsp3) is 0.429. The van der Waals surface area contributed by atoms with Crippen molar-refractivity contribution in [2.45, 2.75) is 19.8 Å². The molecule has 1 aliphatic rings. The van der Waals surface area contributed by atoms with Gasteiger partial charge in [-0.25, -0.2) is 4.52 Å². The Bertz CT molecular complexity index is 726. The second-order valence-corrected chi connectivity index (χ2v) is 5.40. The van der Waals surface area contributed by atoms with Gasteiger partial charge in [0.05, 0.1) is 11.6 Å². The summed E-state index contributed by atoms with van der Waals surface area (Å²) in [4.78, 5) is 28.7. The van der Waals surface area contributed by atoms with Crippen LogP contribution in [0.5, 0.6) is 0 Å². The van der Waals surface area contributed by atoms with E-state index in [0.29, 0.717) is 18.6 Å². The number of carbonyl (C=O) groups excluding carboxylic acids is 1. The maximum absolute atomic E-state index is 11.2. The molecule has 0 aromatic carbocycles. The number of carbonyl (C=O) groups is 2. The number of nitrogens with zero attached hydrogens (tertiary/aromatic N) is 4. The molecule has 1 unspecified atom stereocenters. The Kier molecular flexibility index (Phi) is 3.66. The number of rotatable bonds is 3.